The van der Waals surface area contributed by atoms with Gasteiger partial charge in [-0.1, -0.05) is 11.6 Å². The molecule has 0 saturated heterocycles. The summed E-state index contributed by atoms with van der Waals surface area (Å²) in [6, 6.07) is 2.83. The second kappa shape index (κ2) is 6.96. The highest BCUT2D eigenvalue weighted by atomic mass is 35.5. The van der Waals surface area contributed by atoms with Gasteiger partial charge in [0.15, 0.2) is 11.2 Å². The molecule has 2 aromatic heterocycles. The molecule has 0 fully saturated rings. The van der Waals surface area contributed by atoms with Gasteiger partial charge >= 0.3 is 0 Å². The molecule has 1 unspecified atom stereocenters. The maximum absolute atomic E-state index is 13.3. The molecule has 1 aromatic carbocycles. The molecule has 148 valence electrons. The average Bonchev–Trinajstić information content (AvgIpc) is 3.44. The zero-order valence-corrected chi connectivity index (χ0v) is 17.3. The molecule has 0 bridgehead atoms. The summed E-state index contributed by atoms with van der Waals surface area (Å²) in [4.78, 5) is 36.8. The van der Waals surface area contributed by atoms with E-state index in [2.05, 4.69) is 19.9 Å². The zero-order chi connectivity index (χ0) is 20.1. The maximum atomic E-state index is 13.3. The highest BCUT2D eigenvalue weighted by Crippen LogP contribution is 2.37. The van der Waals surface area contributed by atoms with Gasteiger partial charge in [0, 0.05) is 46.5 Å². The number of fused-ring (bicyclic) bond motifs is 2. The number of nitrogens with one attached hydrogen (secondary N) is 1. The molecule has 0 aliphatic carbocycles. The Morgan fingerprint density at radius 1 is 1.34 bits per heavy atom. The van der Waals surface area contributed by atoms with Crippen LogP contribution in [-0.2, 0) is 24.3 Å². The fourth-order valence-electron chi connectivity index (χ4n) is 4.13. The van der Waals surface area contributed by atoms with Crippen LogP contribution in [0.15, 0.2) is 30.0 Å². The number of carbonyl (C=O) groups excluding carboxylic acids is 2. The number of benzene rings is 1. The van der Waals surface area contributed by atoms with Crippen molar-refractivity contribution in [2.75, 3.05) is 5.32 Å². The molecule has 29 heavy (non-hydrogen) atoms. The minimum atomic E-state index is -0.843. The number of aryl methyl sites for hydroxylation is 2. The molecule has 4 heterocycles. The molecular formula is C20H18ClN5O2S. The molecule has 9 heteroatoms. The first-order chi connectivity index (χ1) is 14.0. The Bertz CT molecular complexity index is 1120. The van der Waals surface area contributed by atoms with Gasteiger partial charge in [0.05, 0.1) is 12.0 Å². The quantitative estimate of drug-likeness (QED) is 0.690. The number of aromatic nitrogens is 3. The lowest BCUT2D eigenvalue weighted by Gasteiger charge is -2.26. The third-order valence-corrected chi connectivity index (χ3v) is 6.46. The second-order valence-electron chi connectivity index (χ2n) is 7.31. The molecule has 1 N–H and O–H groups in total. The first kappa shape index (κ1) is 18.3. The van der Waals surface area contributed by atoms with Gasteiger partial charge in [-0.15, -0.1) is 11.3 Å². The first-order valence-corrected chi connectivity index (χ1v) is 10.6. The van der Waals surface area contributed by atoms with E-state index in [-0.39, 0.29) is 18.4 Å². The number of halogens is 1. The van der Waals surface area contributed by atoms with Crippen LogP contribution in [-0.4, -0.2) is 31.2 Å². The summed E-state index contributed by atoms with van der Waals surface area (Å²) in [7, 11) is 0. The summed E-state index contributed by atoms with van der Waals surface area (Å²) in [5.74, 6) is -0.521. The summed E-state index contributed by atoms with van der Waals surface area (Å²) in [5, 5.41) is 5.67. The smallest absolute Gasteiger partial charge is 0.255 e. The topological polar surface area (TPSA) is 80.1 Å². The van der Waals surface area contributed by atoms with Crippen LogP contribution >= 0.6 is 22.9 Å². The summed E-state index contributed by atoms with van der Waals surface area (Å²) in [6.45, 7) is 3.05. The van der Waals surface area contributed by atoms with E-state index in [9.17, 15) is 9.59 Å². The van der Waals surface area contributed by atoms with Gasteiger partial charge in [0.25, 0.3) is 11.8 Å². The number of amides is 2. The molecular weight excluding hydrogens is 410 g/mol. The summed E-state index contributed by atoms with van der Waals surface area (Å²) in [5.41, 5.74) is 3.86. The molecule has 2 aliphatic heterocycles. The lowest BCUT2D eigenvalue weighted by Crippen LogP contribution is -2.38. The van der Waals surface area contributed by atoms with Crippen LogP contribution in [0.5, 0.6) is 0 Å². The molecule has 2 aliphatic rings. The van der Waals surface area contributed by atoms with Gasteiger partial charge in [-0.05, 0) is 37.5 Å². The molecule has 0 spiro atoms. The average molecular weight is 428 g/mol. The van der Waals surface area contributed by atoms with Crippen LogP contribution in [0.4, 0.5) is 5.13 Å². The van der Waals surface area contributed by atoms with Crippen molar-refractivity contribution in [2.45, 2.75) is 38.9 Å². The van der Waals surface area contributed by atoms with Crippen LogP contribution in [0.2, 0.25) is 5.02 Å². The van der Waals surface area contributed by atoms with Crippen molar-refractivity contribution in [1.82, 2.24) is 19.4 Å². The summed E-state index contributed by atoms with van der Waals surface area (Å²) in [6.07, 6.45) is 5.23. The predicted molar refractivity (Wildman–Crippen MR) is 110 cm³/mol. The number of hydrogen-bond acceptors (Lipinski definition) is 5. The Balaban J connectivity index is 1.56. The van der Waals surface area contributed by atoms with Crippen LogP contribution in [0.3, 0.4) is 0 Å². The Labute approximate surface area is 176 Å². The lowest BCUT2D eigenvalue weighted by molar-refractivity contribution is -0.121. The van der Waals surface area contributed by atoms with Crippen molar-refractivity contribution in [1.29, 1.82) is 0 Å². The fourth-order valence-corrected chi connectivity index (χ4v) is 5.00. The maximum Gasteiger partial charge on any atom is 0.255 e. The highest BCUT2D eigenvalue weighted by Gasteiger charge is 2.41. The van der Waals surface area contributed by atoms with E-state index in [0.29, 0.717) is 21.4 Å². The van der Waals surface area contributed by atoms with Gasteiger partial charge in [-0.25, -0.2) is 9.97 Å². The SMILES string of the molecule is Cc1cc(Cl)c2c(c1)C(=O)N(C(C(=O)Nc1nccs1)c1ncn3c1CCC3)C2. The summed E-state index contributed by atoms with van der Waals surface area (Å²) < 4.78 is 2.06. The van der Waals surface area contributed by atoms with Crippen molar-refractivity contribution in [2.24, 2.45) is 0 Å². The van der Waals surface area contributed by atoms with Crippen molar-refractivity contribution in [3.05, 3.63) is 63.1 Å². The largest absolute Gasteiger partial charge is 0.334 e. The van der Waals surface area contributed by atoms with E-state index in [1.807, 2.05) is 19.1 Å². The van der Waals surface area contributed by atoms with Crippen LogP contribution in [0.25, 0.3) is 0 Å². The predicted octanol–water partition coefficient (Wildman–Crippen LogP) is 3.58. The fraction of sp³-hybridized carbons (Fsp3) is 0.300. The number of hydrogen-bond donors (Lipinski definition) is 1. The van der Waals surface area contributed by atoms with E-state index >= 15 is 0 Å². The number of imidazole rings is 1. The standard InChI is InChI=1S/C20H18ClN5O2S/c1-11-7-12-13(14(21)8-11)9-26(19(12)28)17(18(27)24-20-22-4-6-29-20)16-15-3-2-5-25(15)10-23-16/h4,6-8,10,17H,2-3,5,9H2,1H3,(H,22,24,27). The first-order valence-electron chi connectivity index (χ1n) is 9.37. The number of rotatable bonds is 4. The Morgan fingerprint density at radius 2 is 2.21 bits per heavy atom. The molecule has 1 atom stereocenters. The Kier molecular flexibility index (Phi) is 4.40. The van der Waals surface area contributed by atoms with Crippen molar-refractivity contribution >= 4 is 39.9 Å². The molecule has 5 rings (SSSR count). The van der Waals surface area contributed by atoms with E-state index in [1.165, 1.54) is 11.3 Å². The third-order valence-electron chi connectivity index (χ3n) is 5.43. The van der Waals surface area contributed by atoms with Crippen molar-refractivity contribution in [3.63, 3.8) is 0 Å². The second-order valence-corrected chi connectivity index (χ2v) is 8.61. The third kappa shape index (κ3) is 3.03. The number of nitrogens with zero attached hydrogens (tertiary/aromatic N) is 4. The van der Waals surface area contributed by atoms with Crippen molar-refractivity contribution < 1.29 is 9.59 Å². The van der Waals surface area contributed by atoms with Crippen LogP contribution < -0.4 is 5.32 Å². The van der Waals surface area contributed by atoms with Crippen LogP contribution in [0, 0.1) is 6.92 Å². The Hall–Kier alpha value is -2.71. The van der Waals surface area contributed by atoms with E-state index in [0.717, 1.165) is 36.2 Å². The number of thiazole rings is 1. The van der Waals surface area contributed by atoms with E-state index in [4.69, 9.17) is 11.6 Å². The van der Waals surface area contributed by atoms with E-state index < -0.39 is 6.04 Å². The Morgan fingerprint density at radius 3 is 3.00 bits per heavy atom. The van der Waals surface area contributed by atoms with Gasteiger partial charge < -0.3 is 9.47 Å². The number of anilines is 1. The molecule has 0 saturated carbocycles. The summed E-state index contributed by atoms with van der Waals surface area (Å²) >= 11 is 7.75. The normalized spacial score (nSPS) is 16.1. The zero-order valence-electron chi connectivity index (χ0n) is 15.7. The molecule has 0 radical (unpaired) electrons. The van der Waals surface area contributed by atoms with Gasteiger partial charge in [0.2, 0.25) is 0 Å². The monoisotopic (exact) mass is 427 g/mol. The van der Waals surface area contributed by atoms with Crippen LogP contribution in [0.1, 0.15) is 45.3 Å². The van der Waals surface area contributed by atoms with Gasteiger partial charge in [-0.3, -0.25) is 14.9 Å². The molecule has 2 amide bonds. The van der Waals surface area contributed by atoms with Gasteiger partial charge in [-0.2, -0.15) is 0 Å². The van der Waals surface area contributed by atoms with Gasteiger partial charge in [0.1, 0.15) is 0 Å². The highest BCUT2D eigenvalue weighted by molar-refractivity contribution is 7.13. The van der Waals surface area contributed by atoms with E-state index in [1.54, 1.807) is 22.8 Å². The molecule has 3 aromatic rings. The minimum absolute atomic E-state index is 0.204. The lowest BCUT2D eigenvalue weighted by atomic mass is 10.1. The number of carbonyl (C=O) groups is 2. The van der Waals surface area contributed by atoms with Crippen molar-refractivity contribution in [3.8, 4) is 0 Å². The molecule has 7 nitrogen and oxygen atoms in total. The minimum Gasteiger partial charge on any atom is -0.334 e.